The number of rotatable bonds is 8. The van der Waals surface area contributed by atoms with Gasteiger partial charge in [0, 0.05) is 16.6 Å². The third kappa shape index (κ3) is 6.62. The highest BCUT2D eigenvalue weighted by molar-refractivity contribution is 9.10. The second-order valence-electron chi connectivity index (χ2n) is 4.19. The van der Waals surface area contributed by atoms with Gasteiger partial charge in [-0.3, -0.25) is 0 Å². The summed E-state index contributed by atoms with van der Waals surface area (Å²) >= 11 is 3.49. The second kappa shape index (κ2) is 10.7. The number of methoxy groups -OCH3 is 1. The van der Waals surface area contributed by atoms with Crippen LogP contribution >= 0.6 is 28.3 Å². The average molecular weight is 337 g/mol. The van der Waals surface area contributed by atoms with Crippen LogP contribution in [0.25, 0.3) is 0 Å². The molecule has 1 aromatic carbocycles. The van der Waals surface area contributed by atoms with Crippen molar-refractivity contribution in [1.82, 2.24) is 5.32 Å². The van der Waals surface area contributed by atoms with Gasteiger partial charge in [-0.15, -0.1) is 12.4 Å². The Hall–Kier alpha value is -0.250. The summed E-state index contributed by atoms with van der Waals surface area (Å²) in [5, 5.41) is 3.46. The quantitative estimate of drug-likeness (QED) is 0.703. The van der Waals surface area contributed by atoms with Crippen LogP contribution in [-0.4, -0.2) is 13.7 Å². The molecule has 0 atom stereocenters. The second-order valence-corrected chi connectivity index (χ2v) is 5.11. The molecule has 1 rings (SSSR count). The van der Waals surface area contributed by atoms with Gasteiger partial charge in [0.25, 0.3) is 0 Å². The van der Waals surface area contributed by atoms with Gasteiger partial charge in [-0.1, -0.05) is 42.1 Å². The Kier molecular flexibility index (Phi) is 10.5. The van der Waals surface area contributed by atoms with Gasteiger partial charge in [0.15, 0.2) is 0 Å². The van der Waals surface area contributed by atoms with Crippen molar-refractivity contribution in [2.45, 2.75) is 39.2 Å². The fourth-order valence-electron chi connectivity index (χ4n) is 1.79. The normalized spacial score (nSPS) is 9.94. The summed E-state index contributed by atoms with van der Waals surface area (Å²) in [5.41, 5.74) is 1.21. The van der Waals surface area contributed by atoms with Crippen molar-refractivity contribution in [1.29, 1.82) is 0 Å². The highest BCUT2D eigenvalue weighted by Gasteiger charge is 2.02. The molecule has 1 N–H and O–H groups in total. The Morgan fingerprint density at radius 3 is 2.67 bits per heavy atom. The van der Waals surface area contributed by atoms with Gasteiger partial charge in [0.2, 0.25) is 0 Å². The molecule has 0 aliphatic heterocycles. The van der Waals surface area contributed by atoms with E-state index < -0.39 is 0 Å². The Morgan fingerprint density at radius 1 is 1.22 bits per heavy atom. The minimum absolute atomic E-state index is 0. The van der Waals surface area contributed by atoms with Crippen LogP contribution in [0, 0.1) is 0 Å². The maximum Gasteiger partial charge on any atom is 0.123 e. The average Bonchev–Trinajstić information content (AvgIpc) is 2.34. The Labute approximate surface area is 125 Å². The first-order valence-electron chi connectivity index (χ1n) is 6.31. The van der Waals surface area contributed by atoms with Crippen LogP contribution in [-0.2, 0) is 6.54 Å². The maximum absolute atomic E-state index is 5.34. The van der Waals surface area contributed by atoms with Gasteiger partial charge in [-0.2, -0.15) is 0 Å². The zero-order valence-corrected chi connectivity index (χ0v) is 13.6. The van der Waals surface area contributed by atoms with Gasteiger partial charge in [-0.05, 0) is 31.2 Å². The van der Waals surface area contributed by atoms with Crippen molar-refractivity contribution in [2.75, 3.05) is 13.7 Å². The van der Waals surface area contributed by atoms with Crippen LogP contribution < -0.4 is 10.1 Å². The van der Waals surface area contributed by atoms with Crippen molar-refractivity contribution in [3.63, 3.8) is 0 Å². The van der Waals surface area contributed by atoms with Crippen LogP contribution in [0.2, 0.25) is 0 Å². The maximum atomic E-state index is 5.34. The highest BCUT2D eigenvalue weighted by Crippen LogP contribution is 2.22. The van der Waals surface area contributed by atoms with Gasteiger partial charge in [0.1, 0.15) is 5.75 Å². The zero-order chi connectivity index (χ0) is 12.5. The lowest BCUT2D eigenvalue weighted by atomic mass is 10.2. The molecule has 0 unspecified atom stereocenters. The summed E-state index contributed by atoms with van der Waals surface area (Å²) in [6.07, 6.45) is 5.20. The number of halogens is 2. The first-order chi connectivity index (χ1) is 8.27. The summed E-state index contributed by atoms with van der Waals surface area (Å²) in [4.78, 5) is 0. The van der Waals surface area contributed by atoms with Crippen molar-refractivity contribution in [3.8, 4) is 5.75 Å². The molecule has 18 heavy (non-hydrogen) atoms. The molecule has 0 fully saturated rings. The minimum atomic E-state index is 0. The van der Waals surface area contributed by atoms with Gasteiger partial charge in [0.05, 0.1) is 7.11 Å². The molecule has 104 valence electrons. The Balaban J connectivity index is 0.00000289. The molecule has 1 aromatic rings. The lowest BCUT2D eigenvalue weighted by Crippen LogP contribution is -2.15. The largest absolute Gasteiger partial charge is 0.496 e. The topological polar surface area (TPSA) is 21.3 Å². The van der Waals surface area contributed by atoms with E-state index >= 15 is 0 Å². The summed E-state index contributed by atoms with van der Waals surface area (Å²) in [6.45, 7) is 4.18. The molecule has 0 aromatic heterocycles. The molecular weight excluding hydrogens is 314 g/mol. The Morgan fingerprint density at radius 2 is 2.00 bits per heavy atom. The highest BCUT2D eigenvalue weighted by atomic mass is 79.9. The molecule has 0 aliphatic rings. The monoisotopic (exact) mass is 335 g/mol. The number of unbranched alkanes of at least 4 members (excludes halogenated alkanes) is 3. The molecule has 0 saturated carbocycles. The van der Waals surface area contributed by atoms with Gasteiger partial charge < -0.3 is 10.1 Å². The van der Waals surface area contributed by atoms with E-state index in [0.717, 1.165) is 23.3 Å². The van der Waals surface area contributed by atoms with Crippen LogP contribution in [0.3, 0.4) is 0 Å². The van der Waals surface area contributed by atoms with Crippen molar-refractivity contribution < 1.29 is 4.74 Å². The molecule has 0 bridgehead atoms. The molecule has 0 saturated heterocycles. The van der Waals surface area contributed by atoms with E-state index in [0.29, 0.717) is 0 Å². The van der Waals surface area contributed by atoms with Crippen molar-refractivity contribution in [2.24, 2.45) is 0 Å². The summed E-state index contributed by atoms with van der Waals surface area (Å²) < 4.78 is 6.43. The first kappa shape index (κ1) is 17.8. The van der Waals surface area contributed by atoms with Crippen molar-refractivity contribution in [3.05, 3.63) is 28.2 Å². The summed E-state index contributed by atoms with van der Waals surface area (Å²) in [5.74, 6) is 0.953. The lowest BCUT2D eigenvalue weighted by molar-refractivity contribution is 0.407. The molecule has 0 radical (unpaired) electrons. The predicted octanol–water partition coefficient (Wildman–Crippen LogP) is 4.55. The molecule has 0 spiro atoms. The van der Waals surface area contributed by atoms with Crippen LogP contribution in [0.15, 0.2) is 22.7 Å². The molecule has 0 aliphatic carbocycles. The van der Waals surface area contributed by atoms with E-state index in [1.165, 1.54) is 31.2 Å². The van der Waals surface area contributed by atoms with E-state index in [1.807, 2.05) is 12.1 Å². The molecule has 0 amide bonds. The smallest absolute Gasteiger partial charge is 0.123 e. The molecular formula is C14H23BrClNO. The number of ether oxygens (including phenoxy) is 1. The van der Waals surface area contributed by atoms with E-state index in [4.69, 9.17) is 4.74 Å². The SMILES string of the molecule is CCCCCCNCc1cc(Br)ccc1OC.Cl. The number of benzene rings is 1. The lowest BCUT2D eigenvalue weighted by Gasteiger charge is -2.10. The third-order valence-electron chi connectivity index (χ3n) is 2.77. The van der Waals surface area contributed by atoms with E-state index in [9.17, 15) is 0 Å². The van der Waals surface area contributed by atoms with Gasteiger partial charge in [-0.25, -0.2) is 0 Å². The van der Waals surface area contributed by atoms with Crippen LogP contribution in [0.4, 0.5) is 0 Å². The number of nitrogens with one attached hydrogen (secondary N) is 1. The molecule has 4 heteroatoms. The van der Waals surface area contributed by atoms with Gasteiger partial charge >= 0.3 is 0 Å². The fraction of sp³-hybridized carbons (Fsp3) is 0.571. The minimum Gasteiger partial charge on any atom is -0.496 e. The van der Waals surface area contributed by atoms with Crippen molar-refractivity contribution >= 4 is 28.3 Å². The van der Waals surface area contributed by atoms with Crippen LogP contribution in [0.5, 0.6) is 5.75 Å². The number of hydrogen-bond acceptors (Lipinski definition) is 2. The summed E-state index contributed by atoms with van der Waals surface area (Å²) in [7, 11) is 1.72. The molecule has 0 heterocycles. The number of hydrogen-bond donors (Lipinski definition) is 1. The summed E-state index contributed by atoms with van der Waals surface area (Å²) in [6, 6.07) is 6.11. The first-order valence-corrected chi connectivity index (χ1v) is 7.10. The zero-order valence-electron chi connectivity index (χ0n) is 11.2. The predicted molar refractivity (Wildman–Crippen MR) is 83.8 cm³/mol. The fourth-order valence-corrected chi connectivity index (χ4v) is 2.19. The standard InChI is InChI=1S/C14H22BrNO.ClH/c1-3-4-5-6-9-16-11-12-10-13(15)7-8-14(12)17-2;/h7-8,10,16H,3-6,9,11H2,1-2H3;1H. The van der Waals surface area contributed by atoms with Crippen LogP contribution in [0.1, 0.15) is 38.2 Å². The molecule has 2 nitrogen and oxygen atoms in total. The Bertz CT molecular complexity index is 334. The third-order valence-corrected chi connectivity index (χ3v) is 3.26. The van der Waals surface area contributed by atoms with E-state index in [2.05, 4.69) is 34.2 Å². The van der Waals surface area contributed by atoms with E-state index in [1.54, 1.807) is 7.11 Å². The van der Waals surface area contributed by atoms with E-state index in [-0.39, 0.29) is 12.4 Å².